The molecule has 0 spiro atoms. The van der Waals surface area contributed by atoms with Crippen LogP contribution in [0.5, 0.6) is 0 Å². The first-order valence-electron chi connectivity index (χ1n) is 4.50. The minimum Gasteiger partial charge on any atom is -0.243 e. The monoisotopic (exact) mass is 243 g/mol. The van der Waals surface area contributed by atoms with Gasteiger partial charge in [0.25, 0.3) is 0 Å². The predicted molar refractivity (Wildman–Crippen MR) is 60.7 cm³/mol. The number of aromatic nitrogens is 1. The van der Waals surface area contributed by atoms with Crippen LogP contribution in [0.4, 0.5) is 4.39 Å². The first kappa shape index (κ1) is 10.7. The molecule has 1 aromatic rings. The fourth-order valence-electron chi connectivity index (χ4n) is 1.42. The van der Waals surface area contributed by atoms with Crippen molar-refractivity contribution in [2.45, 2.75) is 12.6 Å². The molecule has 0 radical (unpaired) electrons. The summed E-state index contributed by atoms with van der Waals surface area (Å²) in [6, 6.07) is 5.27. The van der Waals surface area contributed by atoms with E-state index in [2.05, 4.69) is 4.98 Å². The number of nitrogens with zero attached hydrogens (tertiary/aromatic N) is 1. The largest absolute Gasteiger partial charge is 0.243 e. The summed E-state index contributed by atoms with van der Waals surface area (Å²) in [6.07, 6.45) is 2.33. The average molecular weight is 244 g/mol. The van der Waals surface area contributed by atoms with Crippen molar-refractivity contribution < 1.29 is 4.39 Å². The second-order valence-electron chi connectivity index (χ2n) is 3.24. The standard InChI is InChI=1S/C11H8Cl2FN/c12-9-6-7(14)4-5-8(9)10-2-1-3-11(13)15-10/h1-5,7H,6H2. The molecular weight excluding hydrogens is 236 g/mol. The third-order valence-electron chi connectivity index (χ3n) is 2.13. The number of hydrogen-bond acceptors (Lipinski definition) is 1. The van der Waals surface area contributed by atoms with Gasteiger partial charge in [0.15, 0.2) is 0 Å². The van der Waals surface area contributed by atoms with Gasteiger partial charge in [-0.15, -0.1) is 0 Å². The molecule has 0 N–H and O–H groups in total. The highest BCUT2D eigenvalue weighted by Crippen LogP contribution is 2.30. The fraction of sp³-hybridized carbons (Fsp3) is 0.182. The zero-order valence-electron chi connectivity index (χ0n) is 7.75. The van der Waals surface area contributed by atoms with Crippen molar-refractivity contribution in [1.82, 2.24) is 4.98 Å². The molecule has 1 unspecified atom stereocenters. The highest BCUT2D eigenvalue weighted by atomic mass is 35.5. The quantitative estimate of drug-likeness (QED) is 0.681. The van der Waals surface area contributed by atoms with Gasteiger partial charge < -0.3 is 0 Å². The van der Waals surface area contributed by atoms with E-state index in [0.29, 0.717) is 15.9 Å². The Morgan fingerprint density at radius 3 is 2.80 bits per heavy atom. The average Bonchev–Trinajstić information content (AvgIpc) is 2.17. The molecular formula is C11H8Cl2FN. The molecule has 4 heteroatoms. The van der Waals surface area contributed by atoms with Crippen molar-refractivity contribution in [2.75, 3.05) is 0 Å². The van der Waals surface area contributed by atoms with Crippen LogP contribution in [0.2, 0.25) is 5.15 Å². The summed E-state index contributed by atoms with van der Waals surface area (Å²) >= 11 is 11.7. The van der Waals surface area contributed by atoms with E-state index < -0.39 is 6.17 Å². The van der Waals surface area contributed by atoms with Gasteiger partial charge in [0.05, 0.1) is 5.69 Å². The Hall–Kier alpha value is -0.860. The molecule has 1 atom stereocenters. The number of halogens is 3. The van der Waals surface area contributed by atoms with Crippen molar-refractivity contribution in [2.24, 2.45) is 0 Å². The Balaban J connectivity index is 2.40. The Kier molecular flexibility index (Phi) is 3.08. The highest BCUT2D eigenvalue weighted by Gasteiger charge is 2.15. The van der Waals surface area contributed by atoms with E-state index >= 15 is 0 Å². The lowest BCUT2D eigenvalue weighted by Gasteiger charge is -2.13. The third-order valence-corrected chi connectivity index (χ3v) is 2.70. The maximum Gasteiger partial charge on any atom is 0.129 e. The molecule has 78 valence electrons. The van der Waals surface area contributed by atoms with Crippen molar-refractivity contribution in [3.63, 3.8) is 0 Å². The van der Waals surface area contributed by atoms with Crippen LogP contribution >= 0.6 is 23.2 Å². The number of rotatable bonds is 1. The zero-order valence-corrected chi connectivity index (χ0v) is 9.26. The molecule has 0 aromatic carbocycles. The molecule has 0 saturated heterocycles. The molecule has 0 aliphatic heterocycles. The molecule has 1 nitrogen and oxygen atoms in total. The summed E-state index contributed by atoms with van der Waals surface area (Å²) in [5.41, 5.74) is 1.42. The van der Waals surface area contributed by atoms with Crippen molar-refractivity contribution in [3.05, 3.63) is 46.2 Å². The molecule has 2 rings (SSSR count). The van der Waals surface area contributed by atoms with Crippen molar-refractivity contribution >= 4 is 28.8 Å². The summed E-state index contributed by atoms with van der Waals surface area (Å²) in [5, 5.41) is 0.889. The third kappa shape index (κ3) is 2.39. The summed E-state index contributed by atoms with van der Waals surface area (Å²) in [4.78, 5) is 4.12. The zero-order chi connectivity index (χ0) is 10.8. The molecule has 0 saturated carbocycles. The van der Waals surface area contributed by atoms with E-state index in [1.807, 2.05) is 0 Å². The maximum absolute atomic E-state index is 13.0. The Morgan fingerprint density at radius 2 is 2.13 bits per heavy atom. The van der Waals surface area contributed by atoms with Gasteiger partial charge in [-0.2, -0.15) is 0 Å². The second-order valence-corrected chi connectivity index (χ2v) is 4.09. The highest BCUT2D eigenvalue weighted by molar-refractivity contribution is 6.33. The molecule has 1 aliphatic rings. The molecule has 0 bridgehead atoms. The van der Waals surface area contributed by atoms with Gasteiger partial charge in [0, 0.05) is 17.0 Å². The van der Waals surface area contributed by atoms with Crippen LogP contribution in [-0.4, -0.2) is 11.2 Å². The van der Waals surface area contributed by atoms with Gasteiger partial charge in [0.2, 0.25) is 0 Å². The van der Waals surface area contributed by atoms with Crippen molar-refractivity contribution in [3.8, 4) is 0 Å². The van der Waals surface area contributed by atoms with E-state index in [1.165, 1.54) is 6.08 Å². The lowest BCUT2D eigenvalue weighted by atomic mass is 10.0. The van der Waals surface area contributed by atoms with Gasteiger partial charge in [-0.05, 0) is 18.2 Å². The van der Waals surface area contributed by atoms with Gasteiger partial charge >= 0.3 is 0 Å². The SMILES string of the molecule is FC1C=CC(c2cccc(Cl)n2)=C(Cl)C1. The summed E-state index contributed by atoms with van der Waals surface area (Å²) in [5.74, 6) is 0. The Morgan fingerprint density at radius 1 is 1.33 bits per heavy atom. The topological polar surface area (TPSA) is 12.9 Å². The van der Waals surface area contributed by atoms with Crippen LogP contribution in [0.15, 0.2) is 35.4 Å². The van der Waals surface area contributed by atoms with Crippen LogP contribution in [0.25, 0.3) is 5.57 Å². The van der Waals surface area contributed by atoms with Gasteiger partial charge in [-0.3, -0.25) is 0 Å². The van der Waals surface area contributed by atoms with Crippen molar-refractivity contribution in [1.29, 1.82) is 0 Å². The number of allylic oxidation sites excluding steroid dienone is 4. The summed E-state index contributed by atoms with van der Waals surface area (Å²) in [6.45, 7) is 0. The molecule has 1 heterocycles. The smallest absolute Gasteiger partial charge is 0.129 e. The second kappa shape index (κ2) is 4.33. The van der Waals surface area contributed by atoms with Crippen LogP contribution in [-0.2, 0) is 0 Å². The van der Waals surface area contributed by atoms with E-state index in [4.69, 9.17) is 23.2 Å². The van der Waals surface area contributed by atoms with Crippen LogP contribution < -0.4 is 0 Å². The molecule has 15 heavy (non-hydrogen) atoms. The normalized spacial score (nSPS) is 20.9. The van der Waals surface area contributed by atoms with Crippen LogP contribution in [0.3, 0.4) is 0 Å². The summed E-state index contributed by atoms with van der Waals surface area (Å²) < 4.78 is 13.0. The lowest BCUT2D eigenvalue weighted by molar-refractivity contribution is 0.400. The molecule has 1 aliphatic carbocycles. The molecule has 0 amide bonds. The Bertz CT molecular complexity index is 440. The number of alkyl halides is 1. The van der Waals surface area contributed by atoms with Gasteiger partial charge in [-0.25, -0.2) is 9.37 Å². The summed E-state index contributed by atoms with van der Waals surface area (Å²) in [7, 11) is 0. The first-order valence-corrected chi connectivity index (χ1v) is 5.26. The van der Waals surface area contributed by atoms with Gasteiger partial charge in [0.1, 0.15) is 11.3 Å². The fourth-order valence-corrected chi connectivity index (χ4v) is 1.89. The van der Waals surface area contributed by atoms with Crippen LogP contribution in [0, 0.1) is 0 Å². The van der Waals surface area contributed by atoms with E-state index in [0.717, 1.165) is 5.57 Å². The minimum absolute atomic E-state index is 0.210. The Labute approximate surface area is 97.2 Å². The number of pyridine rings is 1. The van der Waals surface area contributed by atoms with E-state index in [1.54, 1.807) is 24.3 Å². The minimum atomic E-state index is -1.000. The number of hydrogen-bond donors (Lipinski definition) is 0. The molecule has 1 aromatic heterocycles. The van der Waals surface area contributed by atoms with E-state index in [-0.39, 0.29) is 6.42 Å². The lowest BCUT2D eigenvalue weighted by Crippen LogP contribution is -2.02. The maximum atomic E-state index is 13.0. The predicted octanol–water partition coefficient (Wildman–Crippen LogP) is 3.98. The molecule has 0 fully saturated rings. The van der Waals surface area contributed by atoms with Crippen LogP contribution in [0.1, 0.15) is 12.1 Å². The first-order chi connectivity index (χ1) is 7.16. The van der Waals surface area contributed by atoms with E-state index in [9.17, 15) is 4.39 Å². The van der Waals surface area contributed by atoms with Gasteiger partial charge in [-0.1, -0.05) is 35.3 Å².